The number of nitrogens with zero attached hydrogens (tertiary/aromatic N) is 1. The zero-order chi connectivity index (χ0) is 17.6. The van der Waals surface area contributed by atoms with Crippen molar-refractivity contribution < 1.29 is 19.1 Å². The quantitative estimate of drug-likeness (QED) is 0.828. The first kappa shape index (κ1) is 16.9. The molecule has 2 bridgehead atoms. The van der Waals surface area contributed by atoms with E-state index in [0.29, 0.717) is 42.6 Å². The van der Waals surface area contributed by atoms with Crippen LogP contribution in [0, 0.1) is 23.7 Å². The Morgan fingerprint density at radius 2 is 2.24 bits per heavy atom. The molecule has 2 heterocycles. The van der Waals surface area contributed by atoms with Gasteiger partial charge in [-0.05, 0) is 48.6 Å². The van der Waals surface area contributed by atoms with Crippen molar-refractivity contribution in [3.8, 4) is 0 Å². The predicted molar refractivity (Wildman–Crippen MR) is 91.8 cm³/mol. The van der Waals surface area contributed by atoms with E-state index in [1.807, 2.05) is 17.0 Å². The summed E-state index contributed by atoms with van der Waals surface area (Å²) >= 11 is 0. The highest BCUT2D eigenvalue weighted by Gasteiger charge is 2.60. The smallest absolute Gasteiger partial charge is 0.318 e. The Morgan fingerprint density at radius 3 is 2.92 bits per heavy atom. The van der Waals surface area contributed by atoms with Crippen molar-refractivity contribution in [3.05, 3.63) is 24.2 Å². The summed E-state index contributed by atoms with van der Waals surface area (Å²) in [5.74, 6) is 2.55. The number of carbonyl (C=O) groups is 1. The average Bonchev–Trinajstić information content (AvgIpc) is 3.29. The Kier molecular flexibility index (Phi) is 4.50. The van der Waals surface area contributed by atoms with Crippen molar-refractivity contribution in [1.82, 2.24) is 10.2 Å². The van der Waals surface area contributed by atoms with Gasteiger partial charge in [0.25, 0.3) is 0 Å². The Bertz CT molecular complexity index is 601. The van der Waals surface area contributed by atoms with Gasteiger partial charge in [-0.3, -0.25) is 0 Å². The van der Waals surface area contributed by atoms with E-state index >= 15 is 0 Å². The van der Waals surface area contributed by atoms with Gasteiger partial charge in [-0.2, -0.15) is 0 Å². The Hall–Kier alpha value is -1.53. The summed E-state index contributed by atoms with van der Waals surface area (Å²) in [6, 6.07) is 3.23. The minimum atomic E-state index is -0.367. The van der Waals surface area contributed by atoms with E-state index in [9.17, 15) is 9.90 Å². The summed E-state index contributed by atoms with van der Waals surface area (Å²) in [7, 11) is 0. The first-order chi connectivity index (χ1) is 12.0. The molecule has 6 heteroatoms. The standard InChI is InChI=1S/C19H28N2O4/c1-11(2)9-24-10-15(16-4-3-5-25-16)20-19(23)21-8-13-6-12-7-14(13)17(21)18(12)22/h3-5,11-15,17-18,22H,6-10H2,1-2H3,(H,20,23)/t12-,13-,14+,15-,17-,18+/m0/s1. The number of likely N-dealkylation sites (tertiary alicyclic amines) is 1. The van der Waals surface area contributed by atoms with Gasteiger partial charge in [-0.15, -0.1) is 0 Å². The second-order valence-corrected chi connectivity index (χ2v) is 8.24. The fourth-order valence-corrected chi connectivity index (χ4v) is 4.99. The summed E-state index contributed by atoms with van der Waals surface area (Å²) in [6.07, 6.45) is 3.37. The fourth-order valence-electron chi connectivity index (χ4n) is 4.99. The van der Waals surface area contributed by atoms with Gasteiger partial charge in [0, 0.05) is 13.2 Å². The largest absolute Gasteiger partial charge is 0.467 e. The van der Waals surface area contributed by atoms with Crippen LogP contribution in [0.15, 0.2) is 22.8 Å². The van der Waals surface area contributed by atoms with E-state index < -0.39 is 0 Å². The van der Waals surface area contributed by atoms with Crippen LogP contribution in [-0.2, 0) is 4.74 Å². The third-order valence-electron chi connectivity index (χ3n) is 6.03. The van der Waals surface area contributed by atoms with Crippen LogP contribution >= 0.6 is 0 Å². The molecule has 2 saturated carbocycles. The molecule has 0 spiro atoms. The summed E-state index contributed by atoms with van der Waals surface area (Å²) < 4.78 is 11.2. The molecule has 0 unspecified atom stereocenters. The molecule has 1 aliphatic heterocycles. The van der Waals surface area contributed by atoms with Gasteiger partial charge in [0.2, 0.25) is 0 Å². The van der Waals surface area contributed by atoms with E-state index in [2.05, 4.69) is 19.2 Å². The van der Waals surface area contributed by atoms with Gasteiger partial charge >= 0.3 is 6.03 Å². The molecule has 4 rings (SSSR count). The molecular formula is C19H28N2O4. The lowest BCUT2D eigenvalue weighted by Crippen LogP contribution is -2.49. The van der Waals surface area contributed by atoms with Crippen LogP contribution in [0.2, 0.25) is 0 Å². The number of aliphatic hydroxyl groups is 1. The zero-order valence-corrected chi connectivity index (χ0v) is 14.9. The van der Waals surface area contributed by atoms with E-state index in [0.717, 1.165) is 19.4 Å². The summed E-state index contributed by atoms with van der Waals surface area (Å²) in [5.41, 5.74) is 0. The number of aliphatic hydroxyl groups excluding tert-OH is 1. The maximum Gasteiger partial charge on any atom is 0.318 e. The molecule has 6 nitrogen and oxygen atoms in total. The lowest BCUT2D eigenvalue weighted by Gasteiger charge is -2.30. The number of urea groups is 1. The van der Waals surface area contributed by atoms with Gasteiger partial charge in [0.1, 0.15) is 11.8 Å². The lowest BCUT2D eigenvalue weighted by atomic mass is 9.88. The molecule has 0 aromatic carbocycles. The van der Waals surface area contributed by atoms with Crippen LogP contribution in [0.3, 0.4) is 0 Å². The first-order valence-electron chi connectivity index (χ1n) is 9.41. The number of fused-ring (bicyclic) bond motifs is 1. The van der Waals surface area contributed by atoms with Crippen LogP contribution in [0.1, 0.15) is 38.5 Å². The minimum Gasteiger partial charge on any atom is -0.467 e. The van der Waals surface area contributed by atoms with Gasteiger partial charge in [0.05, 0.1) is 25.0 Å². The van der Waals surface area contributed by atoms with Crippen molar-refractivity contribution in [2.45, 2.75) is 44.9 Å². The van der Waals surface area contributed by atoms with E-state index in [-0.39, 0.29) is 24.2 Å². The fraction of sp³-hybridized carbons (Fsp3) is 0.737. The molecule has 1 aromatic rings. The van der Waals surface area contributed by atoms with Crippen molar-refractivity contribution >= 4 is 6.03 Å². The van der Waals surface area contributed by atoms with Crippen LogP contribution in [0.5, 0.6) is 0 Å². The Morgan fingerprint density at radius 1 is 1.40 bits per heavy atom. The number of amides is 2. The van der Waals surface area contributed by atoms with E-state index in [4.69, 9.17) is 9.15 Å². The average molecular weight is 348 g/mol. The predicted octanol–water partition coefficient (Wildman–Crippen LogP) is 2.40. The number of rotatable bonds is 6. The maximum atomic E-state index is 12.9. The highest BCUT2D eigenvalue weighted by molar-refractivity contribution is 5.76. The number of nitrogens with one attached hydrogen (secondary N) is 1. The highest BCUT2D eigenvalue weighted by atomic mass is 16.5. The normalized spacial score (nSPS) is 34.1. The Balaban J connectivity index is 1.42. The highest BCUT2D eigenvalue weighted by Crippen LogP contribution is 2.54. The van der Waals surface area contributed by atoms with Gasteiger partial charge < -0.3 is 24.5 Å². The molecule has 2 aliphatic carbocycles. The molecule has 6 atom stereocenters. The number of furan rings is 1. The topological polar surface area (TPSA) is 74.9 Å². The molecule has 138 valence electrons. The molecule has 25 heavy (non-hydrogen) atoms. The monoisotopic (exact) mass is 348 g/mol. The molecule has 3 fully saturated rings. The number of hydrogen-bond donors (Lipinski definition) is 2. The van der Waals surface area contributed by atoms with Crippen molar-refractivity contribution in [3.63, 3.8) is 0 Å². The number of ether oxygens (including phenoxy) is 1. The third kappa shape index (κ3) is 3.06. The molecular weight excluding hydrogens is 320 g/mol. The molecule has 3 aliphatic rings. The molecule has 2 amide bonds. The lowest BCUT2D eigenvalue weighted by molar-refractivity contribution is 0.0567. The molecule has 1 saturated heterocycles. The number of hydrogen-bond acceptors (Lipinski definition) is 4. The summed E-state index contributed by atoms with van der Waals surface area (Å²) in [5, 5.41) is 13.5. The van der Waals surface area contributed by atoms with Crippen molar-refractivity contribution in [2.75, 3.05) is 19.8 Å². The second-order valence-electron chi connectivity index (χ2n) is 8.24. The Labute approximate surface area is 148 Å². The minimum absolute atomic E-state index is 0.0161. The second kappa shape index (κ2) is 6.65. The third-order valence-corrected chi connectivity index (χ3v) is 6.03. The summed E-state index contributed by atoms with van der Waals surface area (Å²) in [6.45, 7) is 5.97. The van der Waals surface area contributed by atoms with Crippen molar-refractivity contribution in [2.24, 2.45) is 23.7 Å². The number of carbonyl (C=O) groups excluding carboxylic acids is 1. The maximum absolute atomic E-state index is 12.9. The van der Waals surface area contributed by atoms with E-state index in [1.165, 1.54) is 0 Å². The van der Waals surface area contributed by atoms with Crippen LogP contribution in [0.25, 0.3) is 0 Å². The van der Waals surface area contributed by atoms with Crippen molar-refractivity contribution in [1.29, 1.82) is 0 Å². The van der Waals surface area contributed by atoms with Crippen LogP contribution < -0.4 is 5.32 Å². The van der Waals surface area contributed by atoms with Gasteiger partial charge in [-0.1, -0.05) is 13.8 Å². The summed E-state index contributed by atoms with van der Waals surface area (Å²) in [4.78, 5) is 14.8. The van der Waals surface area contributed by atoms with E-state index in [1.54, 1.807) is 6.26 Å². The van der Waals surface area contributed by atoms with Crippen LogP contribution in [-0.4, -0.2) is 47.9 Å². The molecule has 1 aromatic heterocycles. The zero-order valence-electron chi connectivity index (χ0n) is 14.9. The van der Waals surface area contributed by atoms with Crippen LogP contribution in [0.4, 0.5) is 4.79 Å². The van der Waals surface area contributed by atoms with Gasteiger partial charge in [0.15, 0.2) is 0 Å². The molecule has 0 radical (unpaired) electrons. The van der Waals surface area contributed by atoms with Gasteiger partial charge in [-0.25, -0.2) is 4.79 Å². The molecule has 2 N–H and O–H groups in total. The first-order valence-corrected chi connectivity index (χ1v) is 9.41. The SMILES string of the molecule is CC(C)COC[C@H](NC(=O)N1C[C@@H]2C[C@H]3C[C@H]2[C@H]1[C@@H]3O)c1ccco1.